The first-order valence-corrected chi connectivity index (χ1v) is 9.16. The van der Waals surface area contributed by atoms with Crippen LogP contribution in [0.5, 0.6) is 0 Å². The fourth-order valence-electron chi connectivity index (χ4n) is 3.12. The predicted octanol–water partition coefficient (Wildman–Crippen LogP) is 4.16. The third-order valence-electron chi connectivity index (χ3n) is 4.97. The van der Waals surface area contributed by atoms with E-state index in [1.54, 1.807) is 12.1 Å². The van der Waals surface area contributed by atoms with Crippen LogP contribution >= 0.6 is 0 Å². The Hall–Kier alpha value is -2.69. The molecule has 27 heavy (non-hydrogen) atoms. The number of hydrogen-bond acceptors (Lipinski definition) is 2. The van der Waals surface area contributed by atoms with Gasteiger partial charge in [-0.05, 0) is 47.6 Å². The van der Waals surface area contributed by atoms with Gasteiger partial charge >= 0.3 is 0 Å². The van der Waals surface area contributed by atoms with Gasteiger partial charge in [0.25, 0.3) is 0 Å². The zero-order chi connectivity index (χ0) is 19.7. The molecule has 0 radical (unpaired) electrons. The van der Waals surface area contributed by atoms with Crippen LogP contribution in [0.2, 0.25) is 0 Å². The molecule has 2 aromatic carbocycles. The van der Waals surface area contributed by atoms with Crippen LogP contribution in [0.3, 0.4) is 0 Å². The summed E-state index contributed by atoms with van der Waals surface area (Å²) in [7, 11) is 0. The molecule has 0 unspecified atom stereocenters. The lowest BCUT2D eigenvalue weighted by atomic mass is 9.85. The summed E-state index contributed by atoms with van der Waals surface area (Å²) in [6, 6.07) is 13.6. The minimum atomic E-state index is -1.01. The van der Waals surface area contributed by atoms with Crippen LogP contribution in [0.25, 0.3) is 0 Å². The number of carbonyl (C=O) groups excluding carboxylic acids is 2. The van der Waals surface area contributed by atoms with Gasteiger partial charge in [0.1, 0.15) is 11.2 Å². The van der Waals surface area contributed by atoms with E-state index in [4.69, 9.17) is 0 Å². The van der Waals surface area contributed by atoms with Crippen LogP contribution in [-0.4, -0.2) is 11.8 Å². The lowest BCUT2D eigenvalue weighted by Crippen LogP contribution is -2.40. The van der Waals surface area contributed by atoms with Crippen molar-refractivity contribution in [1.82, 2.24) is 5.32 Å². The Morgan fingerprint density at radius 3 is 2.22 bits per heavy atom. The van der Waals surface area contributed by atoms with Gasteiger partial charge in [-0.1, -0.05) is 51.1 Å². The van der Waals surface area contributed by atoms with Crippen molar-refractivity contribution in [3.8, 4) is 0 Å². The standard InChI is InChI=1S/C22H25FN2O2/c1-21(2,3)17-6-4-5-7-18(17)25-20(27)22(12-13-22)19(26)24-14-15-8-10-16(23)11-9-15/h4-11H,12-14H2,1-3H3,(H,24,26)(H,25,27). The molecular formula is C22H25FN2O2. The average molecular weight is 368 g/mol. The summed E-state index contributed by atoms with van der Waals surface area (Å²) in [5.74, 6) is -0.867. The summed E-state index contributed by atoms with van der Waals surface area (Å²) in [5.41, 5.74) is 1.43. The predicted molar refractivity (Wildman–Crippen MR) is 104 cm³/mol. The summed E-state index contributed by atoms with van der Waals surface area (Å²) in [6.45, 7) is 6.52. The van der Waals surface area contributed by atoms with E-state index in [1.807, 2.05) is 24.3 Å². The molecule has 1 aliphatic rings. The summed E-state index contributed by atoms with van der Waals surface area (Å²) < 4.78 is 13.0. The fraction of sp³-hybridized carbons (Fsp3) is 0.364. The molecule has 4 nitrogen and oxygen atoms in total. The van der Waals surface area contributed by atoms with Gasteiger partial charge in [-0.3, -0.25) is 9.59 Å². The molecule has 5 heteroatoms. The fourth-order valence-corrected chi connectivity index (χ4v) is 3.12. The molecule has 142 valence electrons. The third-order valence-corrected chi connectivity index (χ3v) is 4.97. The number of hydrogen-bond donors (Lipinski definition) is 2. The molecule has 1 aliphatic carbocycles. The lowest BCUT2D eigenvalue weighted by molar-refractivity contribution is -0.134. The highest BCUT2D eigenvalue weighted by Gasteiger charge is 2.56. The van der Waals surface area contributed by atoms with Gasteiger partial charge in [0.2, 0.25) is 11.8 Å². The van der Waals surface area contributed by atoms with Crippen molar-refractivity contribution in [3.63, 3.8) is 0 Å². The number of carbonyl (C=O) groups is 2. The van der Waals surface area contributed by atoms with E-state index in [9.17, 15) is 14.0 Å². The van der Waals surface area contributed by atoms with E-state index >= 15 is 0 Å². The lowest BCUT2D eigenvalue weighted by Gasteiger charge is -2.24. The molecular weight excluding hydrogens is 343 g/mol. The molecule has 2 N–H and O–H groups in total. The van der Waals surface area contributed by atoms with Crippen LogP contribution in [0.4, 0.5) is 10.1 Å². The van der Waals surface area contributed by atoms with Gasteiger partial charge in [-0.15, -0.1) is 0 Å². The van der Waals surface area contributed by atoms with Crippen molar-refractivity contribution in [2.24, 2.45) is 5.41 Å². The highest BCUT2D eigenvalue weighted by atomic mass is 19.1. The van der Waals surface area contributed by atoms with E-state index in [1.165, 1.54) is 12.1 Å². The van der Waals surface area contributed by atoms with Gasteiger partial charge in [0, 0.05) is 12.2 Å². The van der Waals surface area contributed by atoms with Gasteiger partial charge in [0.15, 0.2) is 0 Å². The molecule has 0 spiro atoms. The Balaban J connectivity index is 1.68. The molecule has 3 rings (SSSR count). The Bertz CT molecular complexity index is 849. The van der Waals surface area contributed by atoms with Crippen molar-refractivity contribution in [3.05, 3.63) is 65.5 Å². The van der Waals surface area contributed by atoms with Gasteiger partial charge in [-0.2, -0.15) is 0 Å². The van der Waals surface area contributed by atoms with E-state index in [0.29, 0.717) is 12.8 Å². The maximum absolute atomic E-state index is 13.0. The second-order valence-electron chi connectivity index (χ2n) is 8.14. The maximum Gasteiger partial charge on any atom is 0.240 e. The molecule has 1 fully saturated rings. The minimum Gasteiger partial charge on any atom is -0.351 e. The highest BCUT2D eigenvalue weighted by Crippen LogP contribution is 2.47. The second-order valence-corrected chi connectivity index (χ2v) is 8.14. The first kappa shape index (κ1) is 19.1. The quantitative estimate of drug-likeness (QED) is 0.779. The smallest absolute Gasteiger partial charge is 0.240 e. The Morgan fingerprint density at radius 2 is 1.63 bits per heavy atom. The topological polar surface area (TPSA) is 58.2 Å². The summed E-state index contributed by atoms with van der Waals surface area (Å²) in [6.07, 6.45) is 1.07. The van der Waals surface area contributed by atoms with Crippen LogP contribution in [-0.2, 0) is 21.5 Å². The number of nitrogens with one attached hydrogen (secondary N) is 2. The van der Waals surface area contributed by atoms with E-state index in [2.05, 4.69) is 31.4 Å². The van der Waals surface area contributed by atoms with Crippen LogP contribution in [0, 0.1) is 11.2 Å². The van der Waals surface area contributed by atoms with Crippen LogP contribution in [0.1, 0.15) is 44.7 Å². The number of benzene rings is 2. The van der Waals surface area contributed by atoms with Crippen molar-refractivity contribution in [1.29, 1.82) is 0 Å². The van der Waals surface area contributed by atoms with Crippen LogP contribution < -0.4 is 10.6 Å². The zero-order valence-corrected chi connectivity index (χ0v) is 15.9. The van der Waals surface area contributed by atoms with E-state index < -0.39 is 5.41 Å². The number of para-hydroxylation sites is 1. The number of halogens is 1. The van der Waals surface area contributed by atoms with Crippen molar-refractivity contribution in [2.45, 2.75) is 45.6 Å². The highest BCUT2D eigenvalue weighted by molar-refractivity contribution is 6.13. The molecule has 0 heterocycles. The molecule has 0 aromatic heterocycles. The number of amides is 2. The van der Waals surface area contributed by atoms with Crippen LogP contribution in [0.15, 0.2) is 48.5 Å². The first-order valence-electron chi connectivity index (χ1n) is 9.16. The largest absolute Gasteiger partial charge is 0.351 e. The van der Waals surface area contributed by atoms with E-state index in [-0.39, 0.29) is 29.6 Å². The van der Waals surface area contributed by atoms with E-state index in [0.717, 1.165) is 16.8 Å². The van der Waals surface area contributed by atoms with Crippen molar-refractivity contribution < 1.29 is 14.0 Å². The SMILES string of the molecule is CC(C)(C)c1ccccc1NC(=O)C1(C(=O)NCc2ccc(F)cc2)CC1. The van der Waals surface area contributed by atoms with Crippen molar-refractivity contribution in [2.75, 3.05) is 5.32 Å². The molecule has 2 aromatic rings. The number of anilines is 1. The summed E-state index contributed by atoms with van der Waals surface area (Å²) >= 11 is 0. The van der Waals surface area contributed by atoms with Crippen molar-refractivity contribution >= 4 is 17.5 Å². The number of rotatable bonds is 5. The monoisotopic (exact) mass is 368 g/mol. The molecule has 0 aliphatic heterocycles. The first-order chi connectivity index (χ1) is 12.7. The molecule has 0 atom stereocenters. The average Bonchev–Trinajstić information content (AvgIpc) is 3.42. The summed E-state index contributed by atoms with van der Waals surface area (Å²) in [4.78, 5) is 25.5. The molecule has 1 saturated carbocycles. The Labute approximate surface area is 159 Å². The molecule has 0 bridgehead atoms. The van der Waals surface area contributed by atoms with Gasteiger partial charge < -0.3 is 10.6 Å². The molecule has 0 saturated heterocycles. The van der Waals surface area contributed by atoms with Gasteiger partial charge in [-0.25, -0.2) is 4.39 Å². The minimum absolute atomic E-state index is 0.120. The van der Waals surface area contributed by atoms with Gasteiger partial charge in [0.05, 0.1) is 0 Å². The summed E-state index contributed by atoms with van der Waals surface area (Å²) in [5, 5.41) is 5.77. The Morgan fingerprint density at radius 1 is 1.00 bits per heavy atom. The third kappa shape index (κ3) is 4.18. The maximum atomic E-state index is 13.0. The second kappa shape index (κ2) is 7.14. The molecule has 2 amide bonds. The normalized spacial score (nSPS) is 15.1. The zero-order valence-electron chi connectivity index (χ0n) is 15.9. The Kier molecular flexibility index (Phi) is 5.05.